The van der Waals surface area contributed by atoms with Gasteiger partial charge in [-0.3, -0.25) is 0 Å². The molecule has 2 N–H and O–H groups in total. The minimum Gasteiger partial charge on any atom is -0.493 e. The van der Waals surface area contributed by atoms with E-state index in [0.29, 0.717) is 12.5 Å². The van der Waals surface area contributed by atoms with Crippen molar-refractivity contribution in [1.82, 2.24) is 5.16 Å². The van der Waals surface area contributed by atoms with Crippen molar-refractivity contribution in [2.75, 3.05) is 12.3 Å². The van der Waals surface area contributed by atoms with Crippen LogP contribution in [0.5, 0.6) is 5.75 Å². The Morgan fingerprint density at radius 3 is 2.81 bits per heavy atom. The minimum atomic E-state index is 0.312. The maximum atomic E-state index is 5.70. The van der Waals surface area contributed by atoms with Crippen molar-refractivity contribution in [2.24, 2.45) is 0 Å². The van der Waals surface area contributed by atoms with Gasteiger partial charge in [-0.25, -0.2) is 0 Å². The molecule has 2 rings (SSSR count). The second-order valence-corrected chi connectivity index (χ2v) is 3.54. The van der Waals surface area contributed by atoms with Crippen molar-refractivity contribution in [3.05, 3.63) is 30.0 Å². The van der Waals surface area contributed by atoms with Gasteiger partial charge in [0.05, 0.1) is 18.4 Å². The van der Waals surface area contributed by atoms with Gasteiger partial charge in [-0.1, -0.05) is 16.8 Å². The van der Waals surface area contributed by atoms with Crippen molar-refractivity contribution < 1.29 is 9.26 Å². The molecule has 0 spiro atoms. The van der Waals surface area contributed by atoms with E-state index in [2.05, 4.69) is 5.16 Å². The topological polar surface area (TPSA) is 61.3 Å². The number of aromatic nitrogens is 1. The number of benzene rings is 1. The lowest BCUT2D eigenvalue weighted by Crippen LogP contribution is -1.95. The number of anilines is 1. The lowest BCUT2D eigenvalue weighted by atomic mass is 10.0. The third-order valence-electron chi connectivity index (χ3n) is 2.32. The van der Waals surface area contributed by atoms with Gasteiger partial charge in [0.25, 0.3) is 0 Å². The molecule has 0 bridgehead atoms. The normalized spacial score (nSPS) is 10.4. The summed E-state index contributed by atoms with van der Waals surface area (Å²) < 4.78 is 10.4. The van der Waals surface area contributed by atoms with E-state index in [4.69, 9.17) is 15.0 Å². The van der Waals surface area contributed by atoms with E-state index >= 15 is 0 Å². The monoisotopic (exact) mass is 218 g/mol. The molecule has 0 radical (unpaired) electrons. The van der Waals surface area contributed by atoms with Gasteiger partial charge in [0.15, 0.2) is 0 Å². The summed E-state index contributed by atoms with van der Waals surface area (Å²) in [6, 6.07) is 5.94. The Bertz CT molecular complexity index is 492. The van der Waals surface area contributed by atoms with Crippen LogP contribution in [0.1, 0.15) is 12.5 Å². The third-order valence-corrected chi connectivity index (χ3v) is 2.32. The highest BCUT2D eigenvalue weighted by atomic mass is 16.5. The van der Waals surface area contributed by atoms with Crippen LogP contribution in [0.3, 0.4) is 0 Å². The van der Waals surface area contributed by atoms with Gasteiger partial charge in [-0.05, 0) is 26.0 Å². The van der Waals surface area contributed by atoms with Gasteiger partial charge in [0, 0.05) is 5.56 Å². The zero-order valence-electron chi connectivity index (χ0n) is 9.36. The summed E-state index contributed by atoms with van der Waals surface area (Å²) in [5.74, 6) is 1.11. The molecular formula is C12H14N2O2. The molecule has 4 heteroatoms. The quantitative estimate of drug-likeness (QED) is 0.860. The number of rotatable bonds is 3. The van der Waals surface area contributed by atoms with Gasteiger partial charge >= 0.3 is 0 Å². The van der Waals surface area contributed by atoms with Crippen molar-refractivity contribution in [1.29, 1.82) is 0 Å². The lowest BCUT2D eigenvalue weighted by Gasteiger charge is -2.09. The number of ether oxygens (including phenoxy) is 1. The maximum absolute atomic E-state index is 5.70. The van der Waals surface area contributed by atoms with E-state index in [0.717, 1.165) is 22.4 Å². The van der Waals surface area contributed by atoms with Crippen LogP contribution in [0.15, 0.2) is 28.9 Å². The molecule has 1 aromatic heterocycles. The van der Waals surface area contributed by atoms with E-state index in [9.17, 15) is 0 Å². The molecule has 0 atom stereocenters. The molecule has 0 aliphatic carbocycles. The van der Waals surface area contributed by atoms with Crippen LogP contribution < -0.4 is 10.5 Å². The first-order valence-corrected chi connectivity index (χ1v) is 5.16. The molecule has 0 amide bonds. The Morgan fingerprint density at radius 1 is 1.38 bits per heavy atom. The molecule has 0 aliphatic rings. The van der Waals surface area contributed by atoms with E-state index in [1.54, 1.807) is 6.20 Å². The lowest BCUT2D eigenvalue weighted by molar-refractivity contribution is 0.341. The predicted octanol–water partition coefficient (Wildman–Crippen LogP) is 2.63. The summed E-state index contributed by atoms with van der Waals surface area (Å²) in [4.78, 5) is 0. The van der Waals surface area contributed by atoms with Crippen LogP contribution >= 0.6 is 0 Å². The van der Waals surface area contributed by atoms with Gasteiger partial charge < -0.3 is 15.0 Å². The molecule has 2 aromatic rings. The molecule has 84 valence electrons. The molecule has 0 unspecified atom stereocenters. The average Bonchev–Trinajstić information content (AvgIpc) is 2.67. The number of hydrogen-bond acceptors (Lipinski definition) is 4. The molecule has 0 fully saturated rings. The first kappa shape index (κ1) is 10.5. The SMILES string of the molecule is CCOc1ccc(C)cc1-c1cnoc1N. The van der Waals surface area contributed by atoms with Crippen LogP contribution in [0.2, 0.25) is 0 Å². The molecule has 1 aromatic carbocycles. The highest BCUT2D eigenvalue weighted by Gasteiger charge is 2.12. The summed E-state index contributed by atoms with van der Waals surface area (Å²) in [6.07, 6.45) is 1.60. The zero-order valence-corrected chi connectivity index (χ0v) is 9.36. The fourth-order valence-electron chi connectivity index (χ4n) is 1.59. The fourth-order valence-corrected chi connectivity index (χ4v) is 1.59. The van der Waals surface area contributed by atoms with E-state index in [1.807, 2.05) is 32.0 Å². The van der Waals surface area contributed by atoms with Gasteiger partial charge in [0.1, 0.15) is 5.75 Å². The van der Waals surface area contributed by atoms with Crippen LogP contribution in [0.25, 0.3) is 11.1 Å². The highest BCUT2D eigenvalue weighted by Crippen LogP contribution is 2.34. The van der Waals surface area contributed by atoms with Crippen LogP contribution in [-0.4, -0.2) is 11.8 Å². The molecule has 16 heavy (non-hydrogen) atoms. The molecule has 4 nitrogen and oxygen atoms in total. The van der Waals surface area contributed by atoms with E-state index in [1.165, 1.54) is 0 Å². The fraction of sp³-hybridized carbons (Fsp3) is 0.250. The molecule has 0 aliphatic heterocycles. The van der Waals surface area contributed by atoms with Crippen molar-refractivity contribution in [2.45, 2.75) is 13.8 Å². The Labute approximate surface area is 94.0 Å². The number of nitrogen functional groups attached to an aromatic ring is 1. The average molecular weight is 218 g/mol. The third kappa shape index (κ3) is 1.86. The van der Waals surface area contributed by atoms with E-state index < -0.39 is 0 Å². The van der Waals surface area contributed by atoms with Crippen molar-refractivity contribution in [3.8, 4) is 16.9 Å². The summed E-state index contributed by atoms with van der Waals surface area (Å²) >= 11 is 0. The number of aryl methyl sites for hydroxylation is 1. The van der Waals surface area contributed by atoms with Gasteiger partial charge in [0.2, 0.25) is 5.88 Å². The summed E-state index contributed by atoms with van der Waals surface area (Å²) in [7, 11) is 0. The first-order valence-electron chi connectivity index (χ1n) is 5.16. The number of hydrogen-bond donors (Lipinski definition) is 1. The van der Waals surface area contributed by atoms with Crippen LogP contribution in [0, 0.1) is 6.92 Å². The summed E-state index contributed by atoms with van der Waals surface area (Å²) in [5.41, 5.74) is 8.53. The molecule has 0 saturated heterocycles. The van der Waals surface area contributed by atoms with Gasteiger partial charge in [-0.15, -0.1) is 0 Å². The predicted molar refractivity (Wildman–Crippen MR) is 62.3 cm³/mol. The van der Waals surface area contributed by atoms with E-state index in [-0.39, 0.29) is 0 Å². The maximum Gasteiger partial charge on any atom is 0.230 e. The highest BCUT2D eigenvalue weighted by molar-refractivity contribution is 5.77. The Kier molecular flexibility index (Phi) is 2.81. The molecule has 0 saturated carbocycles. The standard InChI is InChI=1S/C12H14N2O2/c1-3-15-11-5-4-8(2)6-9(11)10-7-14-16-12(10)13/h4-7H,3,13H2,1-2H3. The minimum absolute atomic E-state index is 0.312. The smallest absolute Gasteiger partial charge is 0.230 e. The summed E-state index contributed by atoms with van der Waals surface area (Å²) in [5, 5.41) is 3.67. The number of nitrogens with two attached hydrogens (primary N) is 1. The first-order chi connectivity index (χ1) is 7.72. The van der Waals surface area contributed by atoms with Crippen LogP contribution in [0.4, 0.5) is 5.88 Å². The largest absolute Gasteiger partial charge is 0.493 e. The second-order valence-electron chi connectivity index (χ2n) is 3.54. The Hall–Kier alpha value is -1.97. The zero-order chi connectivity index (χ0) is 11.5. The summed E-state index contributed by atoms with van der Waals surface area (Å²) in [6.45, 7) is 4.57. The number of nitrogens with zero attached hydrogens (tertiary/aromatic N) is 1. The van der Waals surface area contributed by atoms with Crippen molar-refractivity contribution in [3.63, 3.8) is 0 Å². The molecular weight excluding hydrogens is 204 g/mol. The molecule has 1 heterocycles. The Balaban J connectivity index is 2.53. The van der Waals surface area contributed by atoms with Crippen molar-refractivity contribution >= 4 is 5.88 Å². The Morgan fingerprint density at radius 2 is 2.19 bits per heavy atom. The second kappa shape index (κ2) is 4.26. The van der Waals surface area contributed by atoms with Crippen LogP contribution in [-0.2, 0) is 0 Å². The van der Waals surface area contributed by atoms with Gasteiger partial charge in [-0.2, -0.15) is 0 Å².